The summed E-state index contributed by atoms with van der Waals surface area (Å²) >= 11 is 1.42. The zero-order valence-electron chi connectivity index (χ0n) is 14.9. The largest absolute Gasteiger partial charge is 0.478 e. The number of carbonyl (C=O) groups is 3. The molecule has 6 nitrogen and oxygen atoms in total. The highest BCUT2D eigenvalue weighted by Crippen LogP contribution is 2.38. The fourth-order valence-corrected chi connectivity index (χ4v) is 4.99. The minimum Gasteiger partial charge on any atom is -0.478 e. The predicted octanol–water partition coefficient (Wildman–Crippen LogP) is 3.70. The lowest BCUT2D eigenvalue weighted by Crippen LogP contribution is -2.22. The number of hydrogen-bond acceptors (Lipinski definition) is 5. The molecule has 2 aliphatic carbocycles. The van der Waals surface area contributed by atoms with Crippen molar-refractivity contribution in [1.29, 1.82) is 0 Å². The maximum atomic E-state index is 12.7. The first-order chi connectivity index (χ1) is 12.5. The Morgan fingerprint density at radius 2 is 1.62 bits per heavy atom. The van der Waals surface area contributed by atoms with Crippen LogP contribution in [-0.2, 0) is 27.2 Å². The van der Waals surface area contributed by atoms with E-state index in [0.29, 0.717) is 29.0 Å². The molecule has 0 saturated carbocycles. The summed E-state index contributed by atoms with van der Waals surface area (Å²) < 4.78 is 4.94. The standard InChI is InChI=1S/C19H23NO5S/c1-25-19(24)15-13-9-3-2-4-10-14(13)26-17(15)20-16(21)11-7-5-6-8-12(11)18(22)23/h2-10H2,1H3,(H,20,21)(H,22,23). The van der Waals surface area contributed by atoms with Crippen molar-refractivity contribution in [3.8, 4) is 0 Å². The third kappa shape index (κ3) is 3.67. The third-order valence-electron chi connectivity index (χ3n) is 5.04. The first-order valence-corrected chi connectivity index (χ1v) is 9.84. The second-order valence-electron chi connectivity index (χ2n) is 6.68. The zero-order valence-corrected chi connectivity index (χ0v) is 15.7. The normalized spacial score (nSPS) is 17.3. The number of esters is 1. The van der Waals surface area contributed by atoms with Crippen LogP contribution in [0.25, 0.3) is 0 Å². The van der Waals surface area contributed by atoms with Crippen LogP contribution < -0.4 is 5.32 Å². The summed E-state index contributed by atoms with van der Waals surface area (Å²) in [6.07, 6.45) is 7.32. The topological polar surface area (TPSA) is 92.7 Å². The van der Waals surface area contributed by atoms with Gasteiger partial charge in [0.2, 0.25) is 0 Å². The van der Waals surface area contributed by atoms with E-state index in [1.165, 1.54) is 18.4 Å². The number of carbonyl (C=O) groups excluding carboxylic acids is 2. The van der Waals surface area contributed by atoms with Gasteiger partial charge in [-0.3, -0.25) is 4.79 Å². The molecule has 0 aromatic carbocycles. The number of hydrogen-bond donors (Lipinski definition) is 2. The van der Waals surface area contributed by atoms with Crippen molar-refractivity contribution in [3.05, 3.63) is 27.2 Å². The lowest BCUT2D eigenvalue weighted by Gasteiger charge is -2.17. The van der Waals surface area contributed by atoms with Crippen molar-refractivity contribution < 1.29 is 24.2 Å². The van der Waals surface area contributed by atoms with Crippen molar-refractivity contribution in [1.82, 2.24) is 0 Å². The van der Waals surface area contributed by atoms with Crippen LogP contribution in [0.5, 0.6) is 0 Å². The van der Waals surface area contributed by atoms with Gasteiger partial charge in [0.15, 0.2) is 0 Å². The number of rotatable bonds is 4. The van der Waals surface area contributed by atoms with Gasteiger partial charge in [-0.15, -0.1) is 11.3 Å². The van der Waals surface area contributed by atoms with Crippen LogP contribution in [0, 0.1) is 0 Å². The minimum atomic E-state index is -1.04. The molecule has 1 aromatic rings. The molecule has 1 amide bonds. The molecule has 0 atom stereocenters. The van der Waals surface area contributed by atoms with Crippen LogP contribution in [0.2, 0.25) is 0 Å². The average molecular weight is 377 g/mol. The van der Waals surface area contributed by atoms with E-state index in [-0.39, 0.29) is 5.57 Å². The number of nitrogens with one attached hydrogen (secondary N) is 1. The zero-order chi connectivity index (χ0) is 18.7. The monoisotopic (exact) mass is 377 g/mol. The fourth-order valence-electron chi connectivity index (χ4n) is 3.72. The van der Waals surface area contributed by atoms with E-state index < -0.39 is 17.8 Å². The van der Waals surface area contributed by atoms with Crippen LogP contribution in [0.1, 0.15) is 65.7 Å². The van der Waals surface area contributed by atoms with Gasteiger partial charge in [0.1, 0.15) is 5.00 Å². The van der Waals surface area contributed by atoms with Crippen molar-refractivity contribution in [2.24, 2.45) is 0 Å². The lowest BCUT2D eigenvalue weighted by atomic mass is 9.91. The molecule has 0 spiro atoms. The number of thiophene rings is 1. The number of amides is 1. The number of aryl methyl sites for hydroxylation is 1. The average Bonchev–Trinajstić information content (AvgIpc) is 2.81. The van der Waals surface area contributed by atoms with Crippen molar-refractivity contribution in [2.45, 2.75) is 57.8 Å². The van der Waals surface area contributed by atoms with Crippen LogP contribution in [0.3, 0.4) is 0 Å². The highest BCUT2D eigenvalue weighted by atomic mass is 32.1. The van der Waals surface area contributed by atoms with Gasteiger partial charge in [-0.1, -0.05) is 6.42 Å². The first kappa shape index (κ1) is 18.6. The van der Waals surface area contributed by atoms with E-state index >= 15 is 0 Å². The Kier molecular flexibility index (Phi) is 5.76. The second-order valence-corrected chi connectivity index (χ2v) is 7.79. The molecule has 0 bridgehead atoms. The summed E-state index contributed by atoms with van der Waals surface area (Å²) in [4.78, 5) is 37.6. The van der Waals surface area contributed by atoms with E-state index in [2.05, 4.69) is 5.32 Å². The Morgan fingerprint density at radius 3 is 2.31 bits per heavy atom. The van der Waals surface area contributed by atoms with E-state index in [1.54, 1.807) is 0 Å². The SMILES string of the molecule is COC(=O)c1c(NC(=O)C2=C(C(=O)O)CCCC2)sc2c1CCCCC2. The Bertz CT molecular complexity index is 777. The highest BCUT2D eigenvalue weighted by Gasteiger charge is 2.29. The molecule has 0 unspecified atom stereocenters. The molecule has 2 aliphatic rings. The summed E-state index contributed by atoms with van der Waals surface area (Å²) in [7, 11) is 1.33. The second kappa shape index (κ2) is 8.03. The number of carboxylic acid groups (broad SMARTS) is 1. The molecule has 2 N–H and O–H groups in total. The number of carboxylic acids is 1. The van der Waals surface area contributed by atoms with Gasteiger partial charge in [0, 0.05) is 16.0 Å². The van der Waals surface area contributed by atoms with Gasteiger partial charge < -0.3 is 15.2 Å². The van der Waals surface area contributed by atoms with E-state index in [4.69, 9.17) is 4.74 Å². The van der Waals surface area contributed by atoms with Crippen LogP contribution >= 0.6 is 11.3 Å². The molecular formula is C19H23NO5S. The summed E-state index contributed by atoms with van der Waals surface area (Å²) in [5, 5.41) is 12.7. The van der Waals surface area contributed by atoms with Gasteiger partial charge >= 0.3 is 11.9 Å². The Morgan fingerprint density at radius 1 is 0.962 bits per heavy atom. The summed E-state index contributed by atoms with van der Waals surface area (Å²) in [5.41, 5.74) is 1.93. The molecule has 0 saturated heterocycles. The van der Waals surface area contributed by atoms with Crippen LogP contribution in [0.15, 0.2) is 11.1 Å². The molecule has 140 valence electrons. The van der Waals surface area contributed by atoms with Gasteiger partial charge in [0.05, 0.1) is 12.7 Å². The van der Waals surface area contributed by atoms with E-state index in [9.17, 15) is 19.5 Å². The number of fused-ring (bicyclic) bond motifs is 1. The number of anilines is 1. The highest BCUT2D eigenvalue weighted by molar-refractivity contribution is 7.17. The lowest BCUT2D eigenvalue weighted by molar-refractivity contribution is -0.133. The maximum Gasteiger partial charge on any atom is 0.341 e. The quantitative estimate of drug-likeness (QED) is 0.616. The molecule has 26 heavy (non-hydrogen) atoms. The van der Waals surface area contributed by atoms with E-state index in [0.717, 1.165) is 55.4 Å². The summed E-state index contributed by atoms with van der Waals surface area (Å²) in [6.45, 7) is 0. The predicted molar refractivity (Wildman–Crippen MR) is 98.7 cm³/mol. The summed E-state index contributed by atoms with van der Waals surface area (Å²) in [6, 6.07) is 0. The Balaban J connectivity index is 1.95. The van der Waals surface area contributed by atoms with Crippen molar-refractivity contribution in [3.63, 3.8) is 0 Å². The van der Waals surface area contributed by atoms with Crippen LogP contribution in [0.4, 0.5) is 5.00 Å². The van der Waals surface area contributed by atoms with Gasteiger partial charge in [-0.05, 0) is 56.9 Å². The number of aliphatic carboxylic acids is 1. The maximum absolute atomic E-state index is 12.7. The molecule has 1 aromatic heterocycles. The Labute approximate surface area is 156 Å². The molecule has 0 aliphatic heterocycles. The Hall–Kier alpha value is -2.15. The first-order valence-electron chi connectivity index (χ1n) is 9.02. The smallest absolute Gasteiger partial charge is 0.341 e. The molecule has 1 heterocycles. The van der Waals surface area contributed by atoms with E-state index in [1.807, 2.05) is 0 Å². The number of methoxy groups -OCH3 is 1. The molecule has 0 radical (unpaired) electrons. The van der Waals surface area contributed by atoms with Gasteiger partial charge in [-0.25, -0.2) is 9.59 Å². The van der Waals surface area contributed by atoms with Crippen molar-refractivity contribution >= 4 is 34.2 Å². The van der Waals surface area contributed by atoms with Gasteiger partial charge in [-0.2, -0.15) is 0 Å². The molecule has 0 fully saturated rings. The van der Waals surface area contributed by atoms with Gasteiger partial charge in [0.25, 0.3) is 5.91 Å². The summed E-state index contributed by atoms with van der Waals surface area (Å²) in [5.74, 6) is -1.90. The van der Waals surface area contributed by atoms with Crippen LogP contribution in [-0.4, -0.2) is 30.1 Å². The third-order valence-corrected chi connectivity index (χ3v) is 6.25. The molecular weight excluding hydrogens is 354 g/mol. The molecule has 7 heteroatoms. The van der Waals surface area contributed by atoms with Crippen molar-refractivity contribution in [2.75, 3.05) is 12.4 Å². The fraction of sp³-hybridized carbons (Fsp3) is 0.526. The minimum absolute atomic E-state index is 0.187. The number of ether oxygens (including phenoxy) is 1. The molecule has 3 rings (SSSR count).